The molecule has 2 atom stereocenters. The molecule has 2 unspecified atom stereocenters. The minimum Gasteiger partial charge on any atom is -0.323 e. The molecule has 19 heavy (non-hydrogen) atoms. The maximum absolute atomic E-state index is 6.51. The molecule has 2 saturated carbocycles. The quantitative estimate of drug-likeness (QED) is 0.848. The van der Waals surface area contributed by atoms with Gasteiger partial charge >= 0.3 is 0 Å². The molecular weight excluding hydrogens is 232 g/mol. The zero-order chi connectivity index (χ0) is 13.4. The van der Waals surface area contributed by atoms with E-state index in [2.05, 4.69) is 43.0 Å². The molecule has 0 aromatic heterocycles. The highest BCUT2D eigenvalue weighted by Crippen LogP contribution is 2.37. The molecule has 0 saturated heterocycles. The first-order valence-corrected chi connectivity index (χ1v) is 7.73. The summed E-state index contributed by atoms with van der Waals surface area (Å²) in [5.41, 5.74) is 9.09. The molecule has 0 aliphatic heterocycles. The molecule has 0 heterocycles. The van der Waals surface area contributed by atoms with E-state index >= 15 is 0 Å². The fourth-order valence-corrected chi connectivity index (χ4v) is 2.93. The minimum absolute atomic E-state index is 0.139. The summed E-state index contributed by atoms with van der Waals surface area (Å²) in [6.07, 6.45) is 5.60. The van der Waals surface area contributed by atoms with Crippen LogP contribution in [0.2, 0.25) is 0 Å². The molecule has 0 radical (unpaired) electrons. The molecule has 2 aliphatic carbocycles. The van der Waals surface area contributed by atoms with Crippen molar-refractivity contribution >= 4 is 0 Å². The van der Waals surface area contributed by atoms with Crippen LogP contribution in [0.15, 0.2) is 24.3 Å². The fourth-order valence-electron chi connectivity index (χ4n) is 2.93. The average molecular weight is 258 g/mol. The van der Waals surface area contributed by atoms with Crippen LogP contribution in [0.5, 0.6) is 0 Å². The number of nitrogens with two attached hydrogens (primary N) is 1. The first kappa shape index (κ1) is 13.1. The van der Waals surface area contributed by atoms with Gasteiger partial charge in [-0.2, -0.15) is 0 Å². The summed E-state index contributed by atoms with van der Waals surface area (Å²) < 4.78 is 0. The van der Waals surface area contributed by atoms with Crippen LogP contribution in [-0.4, -0.2) is 23.5 Å². The van der Waals surface area contributed by atoms with Crippen LogP contribution in [0.4, 0.5) is 0 Å². The lowest BCUT2D eigenvalue weighted by Crippen LogP contribution is -2.43. The highest BCUT2D eigenvalue weighted by Gasteiger charge is 2.37. The average Bonchev–Trinajstić information content (AvgIpc) is 3.28. The van der Waals surface area contributed by atoms with Crippen LogP contribution in [0, 0.1) is 12.8 Å². The van der Waals surface area contributed by atoms with E-state index < -0.39 is 0 Å². The minimum atomic E-state index is 0.139. The van der Waals surface area contributed by atoms with Gasteiger partial charge in [-0.1, -0.05) is 29.8 Å². The van der Waals surface area contributed by atoms with Crippen molar-refractivity contribution in [3.8, 4) is 0 Å². The van der Waals surface area contributed by atoms with Gasteiger partial charge in [-0.25, -0.2) is 0 Å². The molecule has 0 spiro atoms. The largest absolute Gasteiger partial charge is 0.323 e. The number of hydrogen-bond donors (Lipinski definition) is 1. The van der Waals surface area contributed by atoms with Gasteiger partial charge in [0.25, 0.3) is 0 Å². The Bertz CT molecular complexity index is 417. The van der Waals surface area contributed by atoms with E-state index in [4.69, 9.17) is 5.73 Å². The van der Waals surface area contributed by atoms with Gasteiger partial charge in [-0.05, 0) is 51.0 Å². The summed E-state index contributed by atoms with van der Waals surface area (Å²) in [7, 11) is 0. The summed E-state index contributed by atoms with van der Waals surface area (Å²) in [5, 5.41) is 0. The zero-order valence-corrected chi connectivity index (χ0v) is 12.2. The third kappa shape index (κ3) is 3.18. The summed E-state index contributed by atoms with van der Waals surface area (Å²) in [4.78, 5) is 2.68. The Morgan fingerprint density at radius 2 is 1.79 bits per heavy atom. The number of benzene rings is 1. The van der Waals surface area contributed by atoms with Gasteiger partial charge < -0.3 is 5.73 Å². The second-order valence-electron chi connectivity index (χ2n) is 6.55. The highest BCUT2D eigenvalue weighted by molar-refractivity contribution is 5.25. The summed E-state index contributed by atoms with van der Waals surface area (Å²) in [6.45, 7) is 5.71. The summed E-state index contributed by atoms with van der Waals surface area (Å²) >= 11 is 0. The zero-order valence-electron chi connectivity index (χ0n) is 12.2. The van der Waals surface area contributed by atoms with E-state index in [9.17, 15) is 0 Å². The van der Waals surface area contributed by atoms with E-state index in [0.29, 0.717) is 6.04 Å². The van der Waals surface area contributed by atoms with Gasteiger partial charge in [-0.15, -0.1) is 0 Å². The lowest BCUT2D eigenvalue weighted by atomic mass is 9.98. The van der Waals surface area contributed by atoms with Crippen molar-refractivity contribution in [1.29, 1.82) is 0 Å². The van der Waals surface area contributed by atoms with Crippen LogP contribution in [0.1, 0.15) is 49.8 Å². The van der Waals surface area contributed by atoms with Gasteiger partial charge in [0.2, 0.25) is 0 Å². The van der Waals surface area contributed by atoms with Crippen molar-refractivity contribution in [2.75, 3.05) is 6.54 Å². The maximum Gasteiger partial charge on any atom is 0.0450 e. The number of rotatable bonds is 6. The van der Waals surface area contributed by atoms with Gasteiger partial charge in [0.05, 0.1) is 0 Å². The Morgan fingerprint density at radius 3 is 2.32 bits per heavy atom. The predicted octanol–water partition coefficient (Wildman–Crippen LogP) is 3.26. The Morgan fingerprint density at radius 1 is 1.16 bits per heavy atom. The van der Waals surface area contributed by atoms with Crippen LogP contribution >= 0.6 is 0 Å². The molecule has 0 amide bonds. The molecule has 1 aromatic carbocycles. The lowest BCUT2D eigenvalue weighted by Gasteiger charge is -2.33. The summed E-state index contributed by atoms with van der Waals surface area (Å²) in [5.74, 6) is 0.952. The van der Waals surface area contributed by atoms with Crippen molar-refractivity contribution in [3.63, 3.8) is 0 Å². The van der Waals surface area contributed by atoms with Crippen molar-refractivity contribution in [2.45, 2.75) is 57.7 Å². The molecule has 1 aromatic rings. The Kier molecular flexibility index (Phi) is 3.64. The third-order valence-electron chi connectivity index (χ3n) is 4.69. The lowest BCUT2D eigenvalue weighted by molar-refractivity contribution is 0.167. The van der Waals surface area contributed by atoms with E-state index in [1.807, 2.05) is 0 Å². The van der Waals surface area contributed by atoms with E-state index in [1.165, 1.54) is 43.4 Å². The Hall–Kier alpha value is -0.860. The molecule has 2 nitrogen and oxygen atoms in total. The van der Waals surface area contributed by atoms with Crippen LogP contribution in [0.3, 0.4) is 0 Å². The molecule has 2 N–H and O–H groups in total. The molecular formula is C17H26N2. The van der Waals surface area contributed by atoms with Crippen molar-refractivity contribution in [1.82, 2.24) is 4.90 Å². The molecule has 104 valence electrons. The van der Waals surface area contributed by atoms with Crippen molar-refractivity contribution < 1.29 is 0 Å². The first-order valence-electron chi connectivity index (χ1n) is 7.73. The molecule has 3 rings (SSSR count). The van der Waals surface area contributed by atoms with Crippen LogP contribution in [0.25, 0.3) is 0 Å². The third-order valence-corrected chi connectivity index (χ3v) is 4.69. The molecule has 2 aliphatic rings. The standard InChI is InChI=1S/C17H26N2/c1-12-3-7-15(8-4-12)17(18)13(2)19(16-9-10-16)11-14-5-6-14/h3-4,7-8,13-14,16-17H,5-6,9-11,18H2,1-2H3. The van der Waals surface area contributed by atoms with E-state index in [0.717, 1.165) is 12.0 Å². The van der Waals surface area contributed by atoms with Gasteiger partial charge in [0.15, 0.2) is 0 Å². The number of aryl methyl sites for hydroxylation is 1. The highest BCUT2D eigenvalue weighted by atomic mass is 15.2. The fraction of sp³-hybridized carbons (Fsp3) is 0.647. The first-order chi connectivity index (χ1) is 9.15. The monoisotopic (exact) mass is 258 g/mol. The Labute approximate surface area is 117 Å². The second kappa shape index (κ2) is 5.26. The van der Waals surface area contributed by atoms with Gasteiger partial charge in [0, 0.05) is 24.7 Å². The van der Waals surface area contributed by atoms with Crippen LogP contribution < -0.4 is 5.73 Å². The van der Waals surface area contributed by atoms with Gasteiger partial charge in [-0.3, -0.25) is 4.90 Å². The molecule has 2 fully saturated rings. The smallest absolute Gasteiger partial charge is 0.0450 e. The molecule has 2 heteroatoms. The molecule has 0 bridgehead atoms. The number of nitrogens with zero attached hydrogens (tertiary/aromatic N) is 1. The van der Waals surface area contributed by atoms with Crippen molar-refractivity contribution in [2.24, 2.45) is 11.7 Å². The summed E-state index contributed by atoms with van der Waals surface area (Å²) in [6, 6.07) is 10.1. The number of hydrogen-bond acceptors (Lipinski definition) is 2. The normalized spacial score (nSPS) is 22.5. The maximum atomic E-state index is 6.51. The SMILES string of the molecule is Cc1ccc(C(N)C(C)N(CC2CC2)C2CC2)cc1. The van der Waals surface area contributed by atoms with Gasteiger partial charge in [0.1, 0.15) is 0 Å². The van der Waals surface area contributed by atoms with Crippen LogP contribution in [-0.2, 0) is 0 Å². The van der Waals surface area contributed by atoms with E-state index in [1.54, 1.807) is 0 Å². The second-order valence-corrected chi connectivity index (χ2v) is 6.55. The predicted molar refractivity (Wildman–Crippen MR) is 80.0 cm³/mol. The van der Waals surface area contributed by atoms with E-state index in [-0.39, 0.29) is 6.04 Å². The Balaban J connectivity index is 1.69. The topological polar surface area (TPSA) is 29.3 Å². The van der Waals surface area contributed by atoms with Crippen molar-refractivity contribution in [3.05, 3.63) is 35.4 Å².